The first-order chi connectivity index (χ1) is 6.86. The Morgan fingerprint density at radius 2 is 2.64 bits per heavy atom. The molecule has 1 aromatic rings. The molecule has 5 heteroatoms. The first kappa shape index (κ1) is 10.4. The van der Waals surface area contributed by atoms with Crippen molar-refractivity contribution in [1.29, 1.82) is 0 Å². The van der Waals surface area contributed by atoms with Gasteiger partial charge in [0.1, 0.15) is 0 Å². The molecule has 3 nitrogen and oxygen atoms in total. The molecule has 1 aromatic heterocycles. The Morgan fingerprint density at radius 3 is 3.29 bits per heavy atom. The molecule has 0 bridgehead atoms. The van der Waals surface area contributed by atoms with Crippen LogP contribution in [-0.2, 0) is 11.2 Å². The van der Waals surface area contributed by atoms with E-state index in [0.29, 0.717) is 0 Å². The average Bonchev–Trinajstić information content (AvgIpc) is 2.72. The van der Waals surface area contributed by atoms with Crippen LogP contribution in [-0.4, -0.2) is 35.2 Å². The van der Waals surface area contributed by atoms with Crippen LogP contribution >= 0.6 is 23.1 Å². The number of aromatic nitrogens is 1. The maximum Gasteiger partial charge on any atom is 0.0941 e. The summed E-state index contributed by atoms with van der Waals surface area (Å²) in [6.45, 7) is 0.834. The van der Waals surface area contributed by atoms with Crippen molar-refractivity contribution >= 4 is 23.1 Å². The molecule has 1 aliphatic heterocycles. The van der Waals surface area contributed by atoms with Crippen molar-refractivity contribution in [2.45, 2.75) is 18.6 Å². The summed E-state index contributed by atoms with van der Waals surface area (Å²) >= 11 is 3.58. The largest absolute Gasteiger partial charge is 0.375 e. The highest BCUT2D eigenvalue weighted by atomic mass is 32.2. The fourth-order valence-electron chi connectivity index (χ4n) is 1.44. The number of rotatable bonds is 3. The van der Waals surface area contributed by atoms with E-state index < -0.39 is 0 Å². The van der Waals surface area contributed by atoms with Gasteiger partial charge in [-0.2, -0.15) is 11.8 Å². The molecule has 2 N–H and O–H groups in total. The van der Waals surface area contributed by atoms with E-state index in [4.69, 9.17) is 10.5 Å². The molecule has 0 radical (unpaired) electrons. The molecule has 0 aromatic carbocycles. The molecule has 1 saturated heterocycles. The van der Waals surface area contributed by atoms with Crippen molar-refractivity contribution in [3.63, 3.8) is 0 Å². The lowest BCUT2D eigenvalue weighted by Gasteiger charge is -2.27. The van der Waals surface area contributed by atoms with Gasteiger partial charge in [0.2, 0.25) is 0 Å². The van der Waals surface area contributed by atoms with Crippen molar-refractivity contribution in [3.05, 3.63) is 16.6 Å². The predicted octanol–water partition coefficient (Wildman–Crippen LogP) is 1.14. The monoisotopic (exact) mass is 230 g/mol. The second-order valence-electron chi connectivity index (χ2n) is 3.28. The second kappa shape index (κ2) is 5.11. The van der Waals surface area contributed by atoms with Gasteiger partial charge >= 0.3 is 0 Å². The molecule has 14 heavy (non-hydrogen) atoms. The van der Waals surface area contributed by atoms with Crippen molar-refractivity contribution in [3.8, 4) is 0 Å². The summed E-state index contributed by atoms with van der Waals surface area (Å²) in [6, 6.07) is 0.0916. The summed E-state index contributed by atoms with van der Waals surface area (Å²) in [5.74, 6) is 2.12. The van der Waals surface area contributed by atoms with Gasteiger partial charge in [-0.1, -0.05) is 0 Å². The van der Waals surface area contributed by atoms with Crippen molar-refractivity contribution in [2.24, 2.45) is 5.73 Å². The van der Waals surface area contributed by atoms with Crippen molar-refractivity contribution in [1.82, 2.24) is 4.98 Å². The third-order valence-corrected chi connectivity index (χ3v) is 4.03. The molecule has 0 aliphatic carbocycles. The molecule has 1 fully saturated rings. The zero-order valence-electron chi connectivity index (χ0n) is 7.89. The van der Waals surface area contributed by atoms with Gasteiger partial charge in [0.25, 0.3) is 0 Å². The Bertz CT molecular complexity index is 260. The molecule has 78 valence electrons. The van der Waals surface area contributed by atoms with Gasteiger partial charge in [0.05, 0.1) is 17.7 Å². The highest BCUT2D eigenvalue weighted by Gasteiger charge is 2.22. The number of ether oxygens (including phenoxy) is 1. The number of thioether (sulfide) groups is 1. The SMILES string of the molecule is NC(Cc1nccs1)C1CSCCO1. The number of nitrogens with two attached hydrogens (primary N) is 1. The summed E-state index contributed by atoms with van der Waals surface area (Å²) in [7, 11) is 0. The fourth-order valence-corrected chi connectivity index (χ4v) is 3.09. The maximum atomic E-state index is 6.07. The molecular weight excluding hydrogens is 216 g/mol. The Labute approximate surface area is 92.1 Å². The Hall–Kier alpha value is -0.100. The van der Waals surface area contributed by atoms with Crippen LogP contribution in [0, 0.1) is 0 Å². The molecule has 2 heterocycles. The van der Waals surface area contributed by atoms with Crippen LogP contribution in [0.15, 0.2) is 11.6 Å². The summed E-state index contributed by atoms with van der Waals surface area (Å²) in [5, 5.41) is 3.09. The standard InChI is InChI=1S/C9H14N2OS2/c10-7(5-9-11-1-3-14-9)8-6-13-4-2-12-8/h1,3,7-8H,2,4-6,10H2. The first-order valence-electron chi connectivity index (χ1n) is 4.69. The van der Waals surface area contributed by atoms with E-state index in [1.807, 2.05) is 23.3 Å². The van der Waals surface area contributed by atoms with Gasteiger partial charge in [-0.15, -0.1) is 11.3 Å². The minimum atomic E-state index is 0.0916. The summed E-state index contributed by atoms with van der Waals surface area (Å²) < 4.78 is 5.62. The van der Waals surface area contributed by atoms with Crippen LogP contribution in [0.5, 0.6) is 0 Å². The van der Waals surface area contributed by atoms with Crippen LogP contribution in [0.4, 0.5) is 0 Å². The summed E-state index contributed by atoms with van der Waals surface area (Å²) in [4.78, 5) is 4.23. The summed E-state index contributed by atoms with van der Waals surface area (Å²) in [6.07, 6.45) is 2.86. The van der Waals surface area contributed by atoms with E-state index in [9.17, 15) is 0 Å². The summed E-state index contributed by atoms with van der Waals surface area (Å²) in [5.41, 5.74) is 6.07. The Balaban J connectivity index is 1.85. The Morgan fingerprint density at radius 1 is 1.71 bits per heavy atom. The second-order valence-corrected chi connectivity index (χ2v) is 5.41. The number of hydrogen-bond donors (Lipinski definition) is 1. The lowest BCUT2D eigenvalue weighted by molar-refractivity contribution is 0.0572. The molecular formula is C9H14N2OS2. The normalized spacial score (nSPS) is 24.8. The van der Waals surface area contributed by atoms with Gasteiger partial charge in [-0.25, -0.2) is 4.98 Å². The van der Waals surface area contributed by atoms with E-state index >= 15 is 0 Å². The van der Waals surface area contributed by atoms with Gasteiger partial charge in [-0.3, -0.25) is 0 Å². The van der Waals surface area contributed by atoms with Crippen LogP contribution in [0.1, 0.15) is 5.01 Å². The molecule has 0 amide bonds. The molecule has 1 aliphatic rings. The van der Waals surface area contributed by atoms with E-state index in [1.54, 1.807) is 11.3 Å². The highest BCUT2D eigenvalue weighted by Crippen LogP contribution is 2.17. The number of nitrogens with zero attached hydrogens (tertiary/aromatic N) is 1. The third-order valence-electron chi connectivity index (χ3n) is 2.21. The van der Waals surface area contributed by atoms with E-state index in [0.717, 1.165) is 29.5 Å². The predicted molar refractivity (Wildman–Crippen MR) is 60.9 cm³/mol. The average molecular weight is 230 g/mol. The van der Waals surface area contributed by atoms with Crippen LogP contribution in [0.3, 0.4) is 0 Å². The molecule has 2 atom stereocenters. The zero-order valence-corrected chi connectivity index (χ0v) is 9.52. The molecule has 2 unspecified atom stereocenters. The smallest absolute Gasteiger partial charge is 0.0941 e. The molecule has 0 saturated carbocycles. The van der Waals surface area contributed by atoms with Gasteiger partial charge in [0, 0.05) is 35.5 Å². The first-order valence-corrected chi connectivity index (χ1v) is 6.73. The van der Waals surface area contributed by atoms with Gasteiger partial charge in [-0.05, 0) is 0 Å². The third kappa shape index (κ3) is 2.70. The quantitative estimate of drug-likeness (QED) is 0.846. The van der Waals surface area contributed by atoms with Crippen LogP contribution < -0.4 is 5.73 Å². The lowest BCUT2D eigenvalue weighted by Crippen LogP contribution is -2.42. The van der Waals surface area contributed by atoms with E-state index in [1.165, 1.54) is 0 Å². The molecule has 0 spiro atoms. The maximum absolute atomic E-state index is 6.07. The van der Waals surface area contributed by atoms with Crippen LogP contribution in [0.25, 0.3) is 0 Å². The topological polar surface area (TPSA) is 48.1 Å². The minimum Gasteiger partial charge on any atom is -0.375 e. The number of thiazole rings is 1. The van der Waals surface area contributed by atoms with Crippen molar-refractivity contribution < 1.29 is 4.74 Å². The van der Waals surface area contributed by atoms with Crippen LogP contribution in [0.2, 0.25) is 0 Å². The molecule has 2 rings (SSSR count). The highest BCUT2D eigenvalue weighted by molar-refractivity contribution is 7.99. The number of hydrogen-bond acceptors (Lipinski definition) is 5. The van der Waals surface area contributed by atoms with Crippen molar-refractivity contribution in [2.75, 3.05) is 18.1 Å². The fraction of sp³-hybridized carbons (Fsp3) is 0.667. The van der Waals surface area contributed by atoms with Gasteiger partial charge < -0.3 is 10.5 Å². The van der Waals surface area contributed by atoms with E-state index in [-0.39, 0.29) is 12.1 Å². The van der Waals surface area contributed by atoms with E-state index in [2.05, 4.69) is 4.98 Å². The minimum absolute atomic E-state index is 0.0916. The zero-order chi connectivity index (χ0) is 9.80. The Kier molecular flexibility index (Phi) is 3.81. The van der Waals surface area contributed by atoms with Gasteiger partial charge in [0.15, 0.2) is 0 Å². The lowest BCUT2D eigenvalue weighted by atomic mass is 10.1.